The van der Waals surface area contributed by atoms with E-state index in [1.54, 1.807) is 6.07 Å². The number of pyridine rings is 1. The lowest BCUT2D eigenvalue weighted by molar-refractivity contribution is 0.0238. The average molecular weight is 405 g/mol. The van der Waals surface area contributed by atoms with E-state index in [9.17, 15) is 4.79 Å². The van der Waals surface area contributed by atoms with Crippen LogP contribution in [0, 0.1) is 0 Å². The zero-order chi connectivity index (χ0) is 19.3. The Hall–Kier alpha value is -2.51. The van der Waals surface area contributed by atoms with Crippen molar-refractivity contribution in [3.63, 3.8) is 0 Å². The van der Waals surface area contributed by atoms with Gasteiger partial charge >= 0.3 is 0 Å². The summed E-state index contributed by atoms with van der Waals surface area (Å²) in [6.07, 6.45) is 2.83. The molecule has 0 aliphatic carbocycles. The lowest BCUT2D eigenvalue weighted by Crippen LogP contribution is -2.40. The van der Waals surface area contributed by atoms with Gasteiger partial charge in [-0.25, -0.2) is 4.98 Å². The summed E-state index contributed by atoms with van der Waals surface area (Å²) in [4.78, 5) is 16.6. The molecule has 28 heavy (non-hydrogen) atoms. The summed E-state index contributed by atoms with van der Waals surface area (Å²) in [5.74, 6) is 1.44. The van der Waals surface area contributed by atoms with Crippen LogP contribution in [0.4, 0.5) is 0 Å². The number of ether oxygens (including phenoxy) is 4. The van der Waals surface area contributed by atoms with Gasteiger partial charge in [-0.05, 0) is 18.2 Å². The molecule has 4 rings (SSSR count). The van der Waals surface area contributed by atoms with Crippen molar-refractivity contribution in [3.05, 3.63) is 47.1 Å². The Balaban J connectivity index is 1.31. The normalized spacial score (nSPS) is 19.1. The van der Waals surface area contributed by atoms with Gasteiger partial charge in [-0.15, -0.1) is 0 Å². The molecule has 1 N–H and O–H groups in total. The largest absolute Gasteiger partial charge is 0.486 e. The van der Waals surface area contributed by atoms with E-state index in [0.717, 1.165) is 12.8 Å². The average Bonchev–Trinajstić information content (AvgIpc) is 2.74. The molecule has 0 unspecified atom stereocenters. The van der Waals surface area contributed by atoms with Gasteiger partial charge in [0.05, 0.1) is 25.3 Å². The van der Waals surface area contributed by atoms with Crippen molar-refractivity contribution in [2.24, 2.45) is 0 Å². The lowest BCUT2D eigenvalue weighted by atomic mass is 10.1. The Morgan fingerprint density at radius 1 is 1.25 bits per heavy atom. The molecule has 1 fully saturated rings. The highest BCUT2D eigenvalue weighted by Crippen LogP contribution is 2.30. The number of nitrogens with zero attached hydrogens (tertiary/aromatic N) is 1. The molecule has 148 valence electrons. The summed E-state index contributed by atoms with van der Waals surface area (Å²) in [5.41, 5.74) is 0.362. The number of aromatic nitrogens is 1. The van der Waals surface area contributed by atoms with E-state index < -0.39 is 0 Å². The maximum Gasteiger partial charge on any atom is 0.253 e. The van der Waals surface area contributed by atoms with Crippen LogP contribution in [-0.2, 0) is 4.74 Å². The van der Waals surface area contributed by atoms with E-state index in [2.05, 4.69) is 10.3 Å². The predicted molar refractivity (Wildman–Crippen MR) is 102 cm³/mol. The van der Waals surface area contributed by atoms with Crippen molar-refractivity contribution in [2.45, 2.75) is 25.0 Å². The molecule has 0 radical (unpaired) electrons. The quantitative estimate of drug-likeness (QED) is 0.825. The van der Waals surface area contributed by atoms with E-state index in [4.69, 9.17) is 30.5 Å². The van der Waals surface area contributed by atoms with E-state index >= 15 is 0 Å². The van der Waals surface area contributed by atoms with Crippen molar-refractivity contribution in [1.82, 2.24) is 10.3 Å². The van der Waals surface area contributed by atoms with Gasteiger partial charge in [0.25, 0.3) is 5.91 Å². The number of nitrogens with one attached hydrogen (secondary N) is 1. The number of benzene rings is 1. The summed E-state index contributed by atoms with van der Waals surface area (Å²) < 4.78 is 22.6. The molecule has 1 atom stereocenters. The molecule has 7 nitrogen and oxygen atoms in total. The van der Waals surface area contributed by atoms with Gasteiger partial charge in [0.15, 0.2) is 11.5 Å². The number of hydrogen-bond donors (Lipinski definition) is 1. The van der Waals surface area contributed by atoms with Crippen molar-refractivity contribution in [1.29, 1.82) is 0 Å². The van der Waals surface area contributed by atoms with E-state index in [-0.39, 0.29) is 18.1 Å². The minimum Gasteiger partial charge on any atom is -0.486 e. The number of carbonyl (C=O) groups is 1. The van der Waals surface area contributed by atoms with Crippen LogP contribution in [0.25, 0.3) is 0 Å². The van der Waals surface area contributed by atoms with Crippen LogP contribution < -0.4 is 19.5 Å². The topological polar surface area (TPSA) is 78.9 Å². The molecule has 1 aromatic carbocycles. The first kappa shape index (κ1) is 18.8. The second-order valence-corrected chi connectivity index (χ2v) is 7.06. The van der Waals surface area contributed by atoms with Crippen LogP contribution in [0.2, 0.25) is 5.02 Å². The molecule has 2 aliphatic rings. The summed E-state index contributed by atoms with van der Waals surface area (Å²) >= 11 is 6.25. The summed E-state index contributed by atoms with van der Waals surface area (Å²) in [6.45, 7) is 2.01. The maximum absolute atomic E-state index is 12.4. The second kappa shape index (κ2) is 8.67. The van der Waals surface area contributed by atoms with Gasteiger partial charge in [-0.3, -0.25) is 4.79 Å². The number of para-hydroxylation sites is 2. The third kappa shape index (κ3) is 4.48. The summed E-state index contributed by atoms with van der Waals surface area (Å²) in [6, 6.07) is 9.01. The molecular weight excluding hydrogens is 384 g/mol. The molecule has 2 aromatic rings. The van der Waals surface area contributed by atoms with Crippen LogP contribution in [0.3, 0.4) is 0 Å². The van der Waals surface area contributed by atoms with Gasteiger partial charge in [0.1, 0.15) is 23.8 Å². The highest BCUT2D eigenvalue weighted by atomic mass is 35.5. The van der Waals surface area contributed by atoms with Crippen molar-refractivity contribution >= 4 is 17.5 Å². The molecule has 0 saturated carbocycles. The Morgan fingerprint density at radius 3 is 2.82 bits per heavy atom. The molecule has 2 aliphatic heterocycles. The molecule has 8 heteroatoms. The summed E-state index contributed by atoms with van der Waals surface area (Å²) in [5, 5.41) is 3.14. The molecular formula is C20H21ClN2O5. The zero-order valence-electron chi connectivity index (χ0n) is 15.2. The number of hydrogen-bond acceptors (Lipinski definition) is 6. The zero-order valence-corrected chi connectivity index (χ0v) is 16.0. The smallest absolute Gasteiger partial charge is 0.253 e. The molecule has 1 amide bonds. The summed E-state index contributed by atoms with van der Waals surface area (Å²) in [7, 11) is 0. The molecule has 0 spiro atoms. The van der Waals surface area contributed by atoms with Crippen molar-refractivity contribution < 1.29 is 23.7 Å². The van der Waals surface area contributed by atoms with Crippen molar-refractivity contribution in [3.8, 4) is 17.4 Å². The fraction of sp³-hybridized carbons (Fsp3) is 0.400. The first-order chi connectivity index (χ1) is 13.7. The standard InChI is InChI=1S/C20H21ClN2O5/c21-16-9-13(10-23-20(16)28-14-5-7-25-8-6-14)19(24)22-11-15-12-26-17-3-1-2-4-18(17)27-15/h1-4,9-10,14-15H,5-8,11-12H2,(H,22,24)/t15-/m1/s1. The highest BCUT2D eigenvalue weighted by molar-refractivity contribution is 6.32. The monoisotopic (exact) mass is 404 g/mol. The first-order valence-electron chi connectivity index (χ1n) is 9.25. The Labute approximate surface area is 167 Å². The van der Waals surface area contributed by atoms with Crippen LogP contribution in [0.5, 0.6) is 17.4 Å². The van der Waals surface area contributed by atoms with E-state index in [1.165, 1.54) is 6.20 Å². The van der Waals surface area contributed by atoms with Crippen molar-refractivity contribution in [2.75, 3.05) is 26.4 Å². The maximum atomic E-state index is 12.4. The molecule has 0 bridgehead atoms. The van der Waals surface area contributed by atoms with Gasteiger partial charge in [0.2, 0.25) is 5.88 Å². The number of fused-ring (bicyclic) bond motifs is 1. The van der Waals surface area contributed by atoms with Crippen LogP contribution in [0.15, 0.2) is 36.5 Å². The fourth-order valence-electron chi connectivity index (χ4n) is 3.06. The van der Waals surface area contributed by atoms with Gasteiger partial charge in [-0.2, -0.15) is 0 Å². The van der Waals surface area contributed by atoms with E-state index in [1.807, 2.05) is 24.3 Å². The van der Waals surface area contributed by atoms with Crippen LogP contribution >= 0.6 is 11.6 Å². The minimum atomic E-state index is -0.283. The number of rotatable bonds is 5. The third-order valence-electron chi connectivity index (χ3n) is 4.57. The molecule has 3 heterocycles. The predicted octanol–water partition coefficient (Wildman–Crippen LogP) is 2.86. The lowest BCUT2D eigenvalue weighted by Gasteiger charge is -2.26. The van der Waals surface area contributed by atoms with Gasteiger partial charge < -0.3 is 24.3 Å². The second-order valence-electron chi connectivity index (χ2n) is 6.65. The fourth-order valence-corrected chi connectivity index (χ4v) is 3.27. The third-order valence-corrected chi connectivity index (χ3v) is 4.84. The number of carbonyl (C=O) groups excluding carboxylic acids is 1. The highest BCUT2D eigenvalue weighted by Gasteiger charge is 2.22. The van der Waals surface area contributed by atoms with Gasteiger partial charge in [0, 0.05) is 19.0 Å². The van der Waals surface area contributed by atoms with E-state index in [0.29, 0.717) is 54.3 Å². The Kier molecular flexibility index (Phi) is 5.83. The molecule has 1 aromatic heterocycles. The SMILES string of the molecule is O=C(NC[C@@H]1COc2ccccc2O1)c1cnc(OC2CCOCC2)c(Cl)c1. The van der Waals surface area contributed by atoms with Gasteiger partial charge in [-0.1, -0.05) is 23.7 Å². The van der Waals surface area contributed by atoms with Crippen LogP contribution in [0.1, 0.15) is 23.2 Å². The van der Waals surface area contributed by atoms with Crippen LogP contribution in [-0.4, -0.2) is 49.5 Å². The minimum absolute atomic E-state index is 0.0322. The Bertz CT molecular complexity index is 841. The number of amides is 1. The number of halogens is 1. The molecule has 1 saturated heterocycles. The Morgan fingerprint density at radius 2 is 2.04 bits per heavy atom. The first-order valence-corrected chi connectivity index (χ1v) is 9.63.